The Morgan fingerprint density at radius 1 is 1.28 bits per heavy atom. The van der Waals surface area contributed by atoms with Crippen molar-refractivity contribution in [3.05, 3.63) is 74.0 Å². The second-order valence-electron chi connectivity index (χ2n) is 6.98. The monoisotopic (exact) mass is 484 g/mol. The minimum atomic E-state index is -0.282. The number of ether oxygens (including phenoxy) is 1. The molecule has 0 aliphatic carbocycles. The number of aromatic nitrogens is 3. The first-order chi connectivity index (χ1) is 15.4. The van der Waals surface area contributed by atoms with E-state index in [0.717, 1.165) is 11.3 Å². The maximum absolute atomic E-state index is 12.6. The van der Waals surface area contributed by atoms with Gasteiger partial charge >= 0.3 is 0 Å². The second-order valence-corrected chi connectivity index (χ2v) is 9.59. The number of hydrogen-bond acceptors (Lipinski definition) is 7. The highest BCUT2D eigenvalue weighted by Gasteiger charge is 2.15. The summed E-state index contributed by atoms with van der Waals surface area (Å²) >= 11 is 7.85. The molecule has 0 bridgehead atoms. The first-order valence-electron chi connectivity index (χ1n) is 9.70. The molecule has 0 fully saturated rings. The van der Waals surface area contributed by atoms with Gasteiger partial charge in [-0.2, -0.15) is 0 Å². The van der Waals surface area contributed by atoms with E-state index in [1.807, 2.05) is 55.5 Å². The summed E-state index contributed by atoms with van der Waals surface area (Å²) in [6.07, 6.45) is 0. The van der Waals surface area contributed by atoms with Crippen molar-refractivity contribution in [1.29, 1.82) is 0 Å². The fourth-order valence-corrected chi connectivity index (χ4v) is 4.99. The number of fused-ring (bicyclic) bond motifs is 1. The number of H-pyrrole nitrogens is 1. The molecule has 4 aromatic rings. The summed E-state index contributed by atoms with van der Waals surface area (Å²) in [7, 11) is 1.59. The molecule has 0 saturated heterocycles. The quantitative estimate of drug-likeness (QED) is 0.232. The van der Waals surface area contributed by atoms with Crippen LogP contribution in [-0.2, 0) is 11.3 Å². The maximum Gasteiger partial charge on any atom is 0.271 e. The van der Waals surface area contributed by atoms with Gasteiger partial charge in [0.2, 0.25) is 5.91 Å². The molecule has 7 nitrogen and oxygen atoms in total. The van der Waals surface area contributed by atoms with Crippen molar-refractivity contribution in [2.45, 2.75) is 18.6 Å². The molecule has 2 N–H and O–H groups in total. The largest absolute Gasteiger partial charge is 0.497 e. The number of hydrogen-bond donors (Lipinski definition) is 2. The Balaban J connectivity index is 1.53. The number of aromatic amines is 1. The number of carbonyl (C=O) groups is 1. The lowest BCUT2D eigenvalue weighted by Gasteiger charge is -2.08. The van der Waals surface area contributed by atoms with Crippen LogP contribution in [0.3, 0.4) is 0 Å². The highest BCUT2D eigenvalue weighted by molar-refractivity contribution is 7.99. The van der Waals surface area contributed by atoms with Crippen LogP contribution in [0.2, 0.25) is 0 Å². The number of nitrogens with zero attached hydrogens (tertiary/aromatic N) is 2. The highest BCUT2D eigenvalue weighted by Crippen LogP contribution is 2.26. The Hall–Kier alpha value is -2.95. The van der Waals surface area contributed by atoms with Gasteiger partial charge in [-0.3, -0.25) is 14.2 Å². The Morgan fingerprint density at radius 3 is 2.81 bits per heavy atom. The minimum Gasteiger partial charge on any atom is -0.497 e. The number of nitrogens with one attached hydrogen (secondary N) is 2. The van der Waals surface area contributed by atoms with Crippen molar-refractivity contribution >= 4 is 51.6 Å². The lowest BCUT2D eigenvalue weighted by atomic mass is 10.1. The molecule has 0 unspecified atom stereocenters. The number of thioether (sulfide) groups is 1. The van der Waals surface area contributed by atoms with E-state index in [-0.39, 0.29) is 17.2 Å². The summed E-state index contributed by atoms with van der Waals surface area (Å²) in [5.74, 6) is 0.659. The van der Waals surface area contributed by atoms with Gasteiger partial charge in [-0.15, -0.1) is 0 Å². The van der Waals surface area contributed by atoms with Crippen LogP contribution < -0.4 is 15.6 Å². The lowest BCUT2D eigenvalue weighted by Crippen LogP contribution is -2.24. The molecule has 0 radical (unpaired) electrons. The summed E-state index contributed by atoms with van der Waals surface area (Å²) in [5, 5.41) is 3.24. The van der Waals surface area contributed by atoms with Crippen molar-refractivity contribution in [2.24, 2.45) is 0 Å². The molecule has 164 valence electrons. The number of carbonyl (C=O) groups excluding carboxylic acids is 1. The molecule has 2 aromatic heterocycles. The van der Waals surface area contributed by atoms with Crippen molar-refractivity contribution < 1.29 is 9.53 Å². The fourth-order valence-electron chi connectivity index (χ4n) is 3.03. The molecule has 0 aliphatic rings. The van der Waals surface area contributed by atoms with Crippen LogP contribution in [0.4, 0.5) is 0 Å². The molecule has 0 aliphatic heterocycles. The SMILES string of the molecule is COc1cccc(-n2c(=S)sc3c(=O)[nH]c(SCC(=O)NCc4ccc(C)cc4)nc32)c1. The summed E-state index contributed by atoms with van der Waals surface area (Å²) in [4.78, 5) is 32.2. The number of rotatable bonds is 7. The molecule has 0 spiro atoms. The third-order valence-corrected chi connectivity index (χ3v) is 6.92. The molecule has 0 atom stereocenters. The average Bonchev–Trinajstić information content (AvgIpc) is 3.13. The average molecular weight is 485 g/mol. The molecule has 32 heavy (non-hydrogen) atoms. The third kappa shape index (κ3) is 4.93. The Morgan fingerprint density at radius 2 is 2.06 bits per heavy atom. The normalized spacial score (nSPS) is 10.9. The topological polar surface area (TPSA) is 89.0 Å². The molecule has 2 heterocycles. The van der Waals surface area contributed by atoms with Crippen LogP contribution in [0.1, 0.15) is 11.1 Å². The Kier molecular flexibility index (Phi) is 6.73. The molecular weight excluding hydrogens is 464 g/mol. The summed E-state index contributed by atoms with van der Waals surface area (Å²) < 4.78 is 7.98. The number of methoxy groups -OCH3 is 1. The van der Waals surface area contributed by atoms with Gasteiger partial charge in [-0.1, -0.05) is 59.0 Å². The second kappa shape index (κ2) is 9.68. The Bertz CT molecular complexity index is 1390. The summed E-state index contributed by atoms with van der Waals surface area (Å²) in [6, 6.07) is 15.4. The van der Waals surface area contributed by atoms with Gasteiger partial charge in [0.1, 0.15) is 10.4 Å². The van der Waals surface area contributed by atoms with Crippen LogP contribution in [0, 0.1) is 10.9 Å². The zero-order valence-corrected chi connectivity index (χ0v) is 19.8. The zero-order chi connectivity index (χ0) is 22.7. The van der Waals surface area contributed by atoms with Crippen LogP contribution in [-0.4, -0.2) is 33.3 Å². The van der Waals surface area contributed by atoms with Crippen molar-refractivity contribution in [1.82, 2.24) is 19.9 Å². The third-order valence-electron chi connectivity index (χ3n) is 4.68. The van der Waals surface area contributed by atoms with E-state index in [9.17, 15) is 9.59 Å². The van der Waals surface area contributed by atoms with Gasteiger partial charge < -0.3 is 15.0 Å². The standard InChI is InChI=1S/C22H20N4O3S3/c1-13-6-8-14(9-7-13)11-23-17(27)12-31-21-24-19-18(20(28)25-21)32-22(30)26(19)15-4-3-5-16(10-15)29-2/h3-10H,11-12H2,1-2H3,(H,23,27)(H,24,25,28). The van der Waals surface area contributed by atoms with E-state index < -0.39 is 0 Å². The lowest BCUT2D eigenvalue weighted by molar-refractivity contribution is -0.118. The van der Waals surface area contributed by atoms with E-state index >= 15 is 0 Å². The number of benzene rings is 2. The van der Waals surface area contributed by atoms with Gasteiger partial charge in [0.15, 0.2) is 14.8 Å². The molecule has 2 aromatic carbocycles. The highest BCUT2D eigenvalue weighted by atomic mass is 32.2. The molecule has 0 saturated carbocycles. The van der Waals surface area contributed by atoms with Crippen LogP contribution in [0.25, 0.3) is 16.0 Å². The van der Waals surface area contributed by atoms with Crippen LogP contribution in [0.5, 0.6) is 5.75 Å². The van der Waals surface area contributed by atoms with Gasteiger partial charge in [-0.05, 0) is 36.8 Å². The zero-order valence-electron chi connectivity index (χ0n) is 17.4. The van der Waals surface area contributed by atoms with Crippen LogP contribution in [0.15, 0.2) is 58.5 Å². The van der Waals surface area contributed by atoms with Crippen molar-refractivity contribution in [3.8, 4) is 11.4 Å². The predicted octanol–water partition coefficient (Wildman–Crippen LogP) is 4.23. The maximum atomic E-state index is 12.6. The van der Waals surface area contributed by atoms with E-state index in [4.69, 9.17) is 17.0 Å². The van der Waals surface area contributed by atoms with Gasteiger partial charge in [0.05, 0.1) is 18.6 Å². The molecule has 1 amide bonds. The van der Waals surface area contributed by atoms with E-state index in [2.05, 4.69) is 15.3 Å². The van der Waals surface area contributed by atoms with E-state index in [1.165, 1.54) is 28.7 Å². The molecule has 10 heteroatoms. The number of amides is 1. The molecular formula is C22H20N4O3S3. The number of thiazole rings is 1. The fraction of sp³-hybridized carbons (Fsp3) is 0.182. The van der Waals surface area contributed by atoms with Crippen molar-refractivity contribution in [2.75, 3.05) is 12.9 Å². The van der Waals surface area contributed by atoms with E-state index in [0.29, 0.717) is 31.8 Å². The number of aryl methyl sites for hydroxylation is 1. The minimum absolute atomic E-state index is 0.129. The summed E-state index contributed by atoms with van der Waals surface area (Å²) in [6.45, 7) is 2.46. The Labute approximate surface area is 197 Å². The first kappa shape index (κ1) is 22.3. The van der Waals surface area contributed by atoms with E-state index in [1.54, 1.807) is 11.7 Å². The van der Waals surface area contributed by atoms with Gasteiger partial charge in [0, 0.05) is 12.6 Å². The predicted molar refractivity (Wildman–Crippen MR) is 131 cm³/mol. The van der Waals surface area contributed by atoms with Gasteiger partial charge in [-0.25, -0.2) is 4.98 Å². The van der Waals surface area contributed by atoms with Crippen molar-refractivity contribution in [3.63, 3.8) is 0 Å². The first-order valence-corrected chi connectivity index (χ1v) is 11.9. The van der Waals surface area contributed by atoms with Crippen LogP contribution >= 0.6 is 35.3 Å². The molecule has 4 rings (SSSR count). The van der Waals surface area contributed by atoms with Gasteiger partial charge in [0.25, 0.3) is 5.56 Å². The summed E-state index contributed by atoms with van der Waals surface area (Å²) in [5.41, 5.74) is 3.13. The smallest absolute Gasteiger partial charge is 0.271 e.